The van der Waals surface area contributed by atoms with E-state index in [2.05, 4.69) is 4.74 Å². The first kappa shape index (κ1) is 31.1. The summed E-state index contributed by atoms with van der Waals surface area (Å²) in [4.78, 5) is 36.7. The van der Waals surface area contributed by atoms with E-state index < -0.39 is 64.5 Å². The van der Waals surface area contributed by atoms with Crippen LogP contribution in [0.15, 0.2) is 60.7 Å². The molecule has 0 saturated carbocycles. The second-order valence-electron chi connectivity index (χ2n) is 9.48. The zero-order valence-corrected chi connectivity index (χ0v) is 23.4. The molecule has 13 heteroatoms. The van der Waals surface area contributed by atoms with Crippen LogP contribution in [0.3, 0.4) is 0 Å². The predicted octanol–water partition coefficient (Wildman–Crippen LogP) is 7.37. The Morgan fingerprint density at radius 2 is 1.47 bits per heavy atom. The lowest BCUT2D eigenvalue weighted by atomic mass is 10.0. The van der Waals surface area contributed by atoms with Crippen molar-refractivity contribution in [2.45, 2.75) is 19.7 Å². The minimum Gasteiger partial charge on any atom is -0.464 e. The third-order valence-corrected chi connectivity index (χ3v) is 6.66. The third-order valence-electron chi connectivity index (χ3n) is 6.66. The molecule has 0 aromatic heterocycles. The molecule has 0 fully saturated rings. The number of carbonyl (C=O) groups is 2. The van der Waals surface area contributed by atoms with Crippen molar-refractivity contribution in [1.29, 1.82) is 0 Å². The number of likely N-dealkylation sites (N-methyl/N-ethyl adjacent to an activating group) is 1. The molecule has 0 aliphatic heterocycles. The van der Waals surface area contributed by atoms with E-state index in [9.17, 15) is 41.7 Å². The molecule has 4 aromatic rings. The first-order valence-corrected chi connectivity index (χ1v) is 13.4. The van der Waals surface area contributed by atoms with E-state index in [1.165, 1.54) is 6.07 Å². The van der Waals surface area contributed by atoms with Gasteiger partial charge in [0.05, 0.1) is 29.7 Å². The van der Waals surface area contributed by atoms with Gasteiger partial charge in [0.25, 0.3) is 5.69 Å². The number of nitro benzene ring substituents is 1. The van der Waals surface area contributed by atoms with Crippen LogP contribution in [-0.2, 0) is 14.3 Å². The highest BCUT2D eigenvalue weighted by Gasteiger charge is 2.28. The Morgan fingerprint density at radius 1 is 0.844 bits per heavy atom. The molecule has 0 saturated heterocycles. The monoisotopic (exact) mass is 629 g/mol. The molecule has 0 unspecified atom stereocenters. The molecule has 0 bridgehead atoms. The molecule has 234 valence electrons. The first-order chi connectivity index (χ1) is 22.0. The highest BCUT2D eigenvalue weighted by atomic mass is 19.2. The third kappa shape index (κ3) is 7.61. The van der Waals surface area contributed by atoms with E-state index in [0.29, 0.717) is 11.9 Å². The van der Waals surface area contributed by atoms with Crippen LogP contribution in [0.2, 0.25) is 0 Å². The van der Waals surface area contributed by atoms with E-state index in [4.69, 9.17) is 6.11 Å². The molecule has 0 spiro atoms. The SMILES string of the molecule is [2H]CCN(CCOC(=O)CCC(=O)Oc1c(F)c(F)c(F)c(F)c1F)c1ccc(/C=C/c2ccc([N+](=O)[O-])c3ccccc23)cc1. The summed E-state index contributed by atoms with van der Waals surface area (Å²) in [6, 6.07) is 17.5. The lowest BCUT2D eigenvalue weighted by molar-refractivity contribution is -0.383. The Hall–Kier alpha value is -5.33. The molecule has 0 amide bonds. The summed E-state index contributed by atoms with van der Waals surface area (Å²) in [5, 5.41) is 12.6. The van der Waals surface area contributed by atoms with Crippen LogP contribution in [-0.4, -0.2) is 36.6 Å². The fourth-order valence-corrected chi connectivity index (χ4v) is 4.35. The fraction of sp³-hybridized carbons (Fsp3) is 0.188. The Labute approximate surface area is 254 Å². The van der Waals surface area contributed by atoms with E-state index in [0.717, 1.165) is 22.2 Å². The van der Waals surface area contributed by atoms with Gasteiger partial charge in [0, 0.05) is 19.7 Å². The molecule has 4 aromatic carbocycles. The van der Waals surface area contributed by atoms with Gasteiger partial charge in [-0.25, -0.2) is 13.2 Å². The van der Waals surface area contributed by atoms with E-state index in [-0.39, 0.29) is 25.7 Å². The predicted molar refractivity (Wildman–Crippen MR) is 156 cm³/mol. The zero-order chi connectivity index (χ0) is 33.4. The summed E-state index contributed by atoms with van der Waals surface area (Å²) in [5.41, 5.74) is 2.38. The molecule has 45 heavy (non-hydrogen) atoms. The minimum absolute atomic E-state index is 0.0191. The molecular weight excluding hydrogens is 603 g/mol. The second kappa shape index (κ2) is 14.4. The van der Waals surface area contributed by atoms with Crippen LogP contribution in [0.1, 0.15) is 32.2 Å². The molecule has 8 nitrogen and oxygen atoms in total. The number of non-ortho nitro benzene ring substituents is 1. The highest BCUT2D eigenvalue weighted by molar-refractivity contribution is 5.98. The Kier molecular flexibility index (Phi) is 9.97. The number of hydrogen-bond acceptors (Lipinski definition) is 7. The number of hydrogen-bond donors (Lipinski definition) is 0. The molecule has 0 radical (unpaired) electrons. The minimum atomic E-state index is -2.40. The number of fused-ring (bicyclic) bond motifs is 1. The topological polar surface area (TPSA) is 99.0 Å². The lowest BCUT2D eigenvalue weighted by Gasteiger charge is -2.23. The van der Waals surface area contributed by atoms with Crippen molar-refractivity contribution in [1.82, 2.24) is 0 Å². The van der Waals surface area contributed by atoms with Crippen LogP contribution in [0.4, 0.5) is 33.3 Å². The van der Waals surface area contributed by atoms with Crippen molar-refractivity contribution in [3.05, 3.63) is 111 Å². The van der Waals surface area contributed by atoms with E-state index in [1.54, 1.807) is 41.3 Å². The standard InChI is InChI=1S/C32H25F5N2O6/c1-2-38(17-18-44-25(40)15-16-26(41)45-32-30(36)28(34)27(33)29(35)31(32)37)21-12-8-19(9-13-21)7-10-20-11-14-24(39(42)43)23-6-4-3-5-22(20)23/h3-14H,2,15-18H2,1H3/b10-7+/i1D. The summed E-state index contributed by atoms with van der Waals surface area (Å²) in [7, 11) is 0. The molecule has 4 rings (SSSR count). The number of esters is 2. The van der Waals surface area contributed by atoms with Crippen LogP contribution in [0, 0.1) is 39.2 Å². The molecule has 0 aliphatic rings. The van der Waals surface area contributed by atoms with Gasteiger partial charge < -0.3 is 14.4 Å². The van der Waals surface area contributed by atoms with Crippen molar-refractivity contribution in [2.24, 2.45) is 0 Å². The van der Waals surface area contributed by atoms with Gasteiger partial charge in [-0.15, -0.1) is 0 Å². The number of halogens is 5. The summed E-state index contributed by atoms with van der Waals surface area (Å²) in [6.45, 7) is 0.381. The lowest BCUT2D eigenvalue weighted by Crippen LogP contribution is -2.28. The van der Waals surface area contributed by atoms with Crippen molar-refractivity contribution in [3.8, 4) is 5.75 Å². The zero-order valence-electron chi connectivity index (χ0n) is 24.4. The Bertz CT molecular complexity index is 1770. The van der Waals surface area contributed by atoms with E-state index in [1.807, 2.05) is 30.4 Å². The molecular formula is C32H25F5N2O6. The van der Waals surface area contributed by atoms with Crippen molar-refractivity contribution in [2.75, 3.05) is 24.6 Å². The first-order valence-electron chi connectivity index (χ1n) is 14.1. The number of carbonyl (C=O) groups excluding carboxylic acids is 2. The number of rotatable bonds is 12. The van der Waals surface area contributed by atoms with Gasteiger partial charge in [-0.1, -0.05) is 42.5 Å². The van der Waals surface area contributed by atoms with Gasteiger partial charge in [0.2, 0.25) is 34.8 Å². The molecule has 0 atom stereocenters. The quantitative estimate of drug-likeness (QED) is 0.0236. The summed E-state index contributed by atoms with van der Waals surface area (Å²) in [5.74, 6) is -15.6. The van der Waals surface area contributed by atoms with Crippen molar-refractivity contribution >= 4 is 46.2 Å². The van der Waals surface area contributed by atoms with Gasteiger partial charge in [0.1, 0.15) is 6.61 Å². The average molecular weight is 630 g/mol. The highest BCUT2D eigenvalue weighted by Crippen LogP contribution is 2.31. The summed E-state index contributed by atoms with van der Waals surface area (Å²) < 4.78 is 84.1. The Morgan fingerprint density at radius 3 is 2.11 bits per heavy atom. The smallest absolute Gasteiger partial charge is 0.311 e. The van der Waals surface area contributed by atoms with Gasteiger partial charge in [0.15, 0.2) is 0 Å². The summed E-state index contributed by atoms with van der Waals surface area (Å²) >= 11 is 0. The largest absolute Gasteiger partial charge is 0.464 e. The van der Waals surface area contributed by atoms with Crippen LogP contribution >= 0.6 is 0 Å². The van der Waals surface area contributed by atoms with Crippen LogP contribution in [0.5, 0.6) is 5.75 Å². The molecule has 0 aliphatic carbocycles. The van der Waals surface area contributed by atoms with Gasteiger partial charge in [-0.3, -0.25) is 19.7 Å². The van der Waals surface area contributed by atoms with Gasteiger partial charge >= 0.3 is 11.9 Å². The maximum absolute atomic E-state index is 13.7. The maximum atomic E-state index is 13.7. The maximum Gasteiger partial charge on any atom is 0.311 e. The normalized spacial score (nSPS) is 11.4. The molecule has 0 N–H and O–H groups in total. The van der Waals surface area contributed by atoms with Crippen molar-refractivity contribution < 1.29 is 47.3 Å². The van der Waals surface area contributed by atoms with Crippen LogP contribution < -0.4 is 9.64 Å². The summed E-state index contributed by atoms with van der Waals surface area (Å²) in [6.07, 6.45) is 2.36. The van der Waals surface area contributed by atoms with E-state index >= 15 is 0 Å². The number of nitrogens with zero attached hydrogens (tertiary/aromatic N) is 2. The molecule has 0 heterocycles. The number of ether oxygens (including phenoxy) is 2. The van der Waals surface area contributed by atoms with Gasteiger partial charge in [-0.2, -0.15) is 8.78 Å². The van der Waals surface area contributed by atoms with Gasteiger partial charge in [-0.05, 0) is 47.7 Å². The number of benzene rings is 4. The Balaban J connectivity index is 1.30. The van der Waals surface area contributed by atoms with Crippen molar-refractivity contribution in [3.63, 3.8) is 0 Å². The number of nitro groups is 1. The second-order valence-corrected chi connectivity index (χ2v) is 9.48. The van der Waals surface area contributed by atoms with Crippen LogP contribution in [0.25, 0.3) is 22.9 Å². The fourth-order valence-electron chi connectivity index (χ4n) is 4.35. The number of anilines is 1. The average Bonchev–Trinajstić information content (AvgIpc) is 3.06.